The summed E-state index contributed by atoms with van der Waals surface area (Å²) >= 11 is 3.71. The third-order valence-electron chi connectivity index (χ3n) is 3.76. The van der Waals surface area contributed by atoms with Crippen molar-refractivity contribution in [2.75, 3.05) is 11.9 Å². The van der Waals surface area contributed by atoms with Crippen molar-refractivity contribution in [2.45, 2.75) is 38.6 Å². The first kappa shape index (κ1) is 13.6. The number of hydrogen-bond donors (Lipinski definition) is 1. The second-order valence-corrected chi connectivity index (χ2v) is 5.97. The van der Waals surface area contributed by atoms with Crippen LogP contribution in [0.4, 0.5) is 5.82 Å². The average molecular weight is 335 g/mol. The second-order valence-electron chi connectivity index (χ2n) is 5.18. The summed E-state index contributed by atoms with van der Waals surface area (Å²) in [5.74, 6) is 1.11. The third-order valence-corrected chi connectivity index (χ3v) is 4.59. The van der Waals surface area contributed by atoms with Crippen LogP contribution in [0.1, 0.15) is 43.5 Å². The molecule has 1 N–H and O–H groups in total. The number of nitrogens with one attached hydrogen (secondary N) is 1. The molecule has 0 fully saturated rings. The lowest BCUT2D eigenvalue weighted by molar-refractivity contribution is 0.476. The van der Waals surface area contributed by atoms with Gasteiger partial charge in [-0.15, -0.1) is 0 Å². The maximum atomic E-state index is 4.83. The zero-order valence-electron chi connectivity index (χ0n) is 11.6. The topological polar surface area (TPSA) is 42.7 Å². The monoisotopic (exact) mass is 334 g/mol. The Bertz CT molecular complexity index is 579. The van der Waals surface area contributed by atoms with Crippen molar-refractivity contribution in [3.8, 4) is 0 Å². The van der Waals surface area contributed by atoms with E-state index in [2.05, 4.69) is 43.9 Å². The lowest BCUT2D eigenvalue weighted by atomic mass is 10.0. The van der Waals surface area contributed by atoms with Gasteiger partial charge in [0.2, 0.25) is 0 Å². The first-order chi connectivity index (χ1) is 9.81. The Morgan fingerprint density at radius 3 is 3.15 bits per heavy atom. The van der Waals surface area contributed by atoms with Gasteiger partial charge in [-0.05, 0) is 46.8 Å². The number of unbranched alkanes of at least 4 members (excludes halogenated alkanes) is 1. The number of rotatable bonds is 4. The first-order valence-corrected chi connectivity index (χ1v) is 8.01. The molecule has 3 rings (SSSR count). The van der Waals surface area contributed by atoms with Crippen LogP contribution in [0.25, 0.3) is 0 Å². The molecule has 106 valence electrons. The highest BCUT2D eigenvalue weighted by Crippen LogP contribution is 2.36. The molecule has 5 heteroatoms. The van der Waals surface area contributed by atoms with Gasteiger partial charge in [0, 0.05) is 18.9 Å². The van der Waals surface area contributed by atoms with Gasteiger partial charge in [0.15, 0.2) is 0 Å². The van der Waals surface area contributed by atoms with E-state index in [1.165, 1.54) is 18.4 Å². The van der Waals surface area contributed by atoms with Crippen LogP contribution in [0.3, 0.4) is 0 Å². The van der Waals surface area contributed by atoms with E-state index >= 15 is 0 Å². The molecule has 0 spiro atoms. The summed E-state index contributed by atoms with van der Waals surface area (Å²) in [5.41, 5.74) is 2.39. The van der Waals surface area contributed by atoms with Crippen LogP contribution in [0.2, 0.25) is 0 Å². The highest BCUT2D eigenvalue weighted by Gasteiger charge is 2.26. The summed E-state index contributed by atoms with van der Waals surface area (Å²) in [6, 6.07) is 4.41. The van der Waals surface area contributed by atoms with Crippen molar-refractivity contribution in [1.29, 1.82) is 0 Å². The van der Waals surface area contributed by atoms with E-state index in [4.69, 9.17) is 5.10 Å². The Hall–Kier alpha value is -1.36. The van der Waals surface area contributed by atoms with Crippen molar-refractivity contribution in [3.63, 3.8) is 0 Å². The van der Waals surface area contributed by atoms with Crippen molar-refractivity contribution < 1.29 is 0 Å². The van der Waals surface area contributed by atoms with Gasteiger partial charge in [-0.2, -0.15) is 5.10 Å². The van der Waals surface area contributed by atoms with Gasteiger partial charge < -0.3 is 5.32 Å². The van der Waals surface area contributed by atoms with E-state index in [0.717, 1.165) is 35.4 Å². The fraction of sp³-hybridized carbons (Fsp3) is 0.467. The smallest absolute Gasteiger partial charge is 0.139 e. The van der Waals surface area contributed by atoms with Gasteiger partial charge in [0.1, 0.15) is 5.82 Å². The minimum absolute atomic E-state index is 0.284. The van der Waals surface area contributed by atoms with Gasteiger partial charge in [0.05, 0.1) is 16.2 Å². The predicted octanol–water partition coefficient (Wildman–Crippen LogP) is 3.79. The number of aromatic nitrogens is 3. The molecule has 1 unspecified atom stereocenters. The molecule has 3 heterocycles. The van der Waals surface area contributed by atoms with Crippen LogP contribution in [0.15, 0.2) is 29.0 Å². The van der Waals surface area contributed by atoms with Crippen LogP contribution in [-0.4, -0.2) is 21.3 Å². The summed E-state index contributed by atoms with van der Waals surface area (Å²) in [6.45, 7) is 3.18. The van der Waals surface area contributed by atoms with E-state index in [0.29, 0.717) is 0 Å². The lowest BCUT2D eigenvalue weighted by Gasteiger charge is -2.25. The zero-order valence-corrected chi connectivity index (χ0v) is 13.2. The molecule has 1 atom stereocenters. The molecule has 2 aromatic rings. The molecule has 0 aliphatic carbocycles. The van der Waals surface area contributed by atoms with E-state index < -0.39 is 0 Å². The molecule has 4 nitrogen and oxygen atoms in total. The normalized spacial score (nSPS) is 17.6. The number of pyridine rings is 1. The molecule has 1 aliphatic heterocycles. The van der Waals surface area contributed by atoms with Crippen LogP contribution < -0.4 is 5.32 Å². The Morgan fingerprint density at radius 1 is 1.50 bits per heavy atom. The van der Waals surface area contributed by atoms with E-state index in [-0.39, 0.29) is 6.04 Å². The molecule has 20 heavy (non-hydrogen) atoms. The summed E-state index contributed by atoms with van der Waals surface area (Å²) < 4.78 is 3.25. The number of anilines is 1. The Balaban J connectivity index is 1.96. The fourth-order valence-corrected chi connectivity index (χ4v) is 3.28. The minimum atomic E-state index is 0.284. The minimum Gasteiger partial charge on any atom is -0.369 e. The molecular weight excluding hydrogens is 316 g/mol. The van der Waals surface area contributed by atoms with Gasteiger partial charge in [-0.3, -0.25) is 4.98 Å². The molecule has 0 aromatic carbocycles. The zero-order chi connectivity index (χ0) is 13.9. The Morgan fingerprint density at radius 2 is 2.40 bits per heavy atom. The SMILES string of the molecule is CCCCc1nn2c(c1Br)NCCC2c1cccnc1. The summed E-state index contributed by atoms with van der Waals surface area (Å²) in [4.78, 5) is 4.24. The molecule has 2 aromatic heterocycles. The summed E-state index contributed by atoms with van der Waals surface area (Å²) in [5, 5.41) is 8.29. The first-order valence-electron chi connectivity index (χ1n) is 7.22. The van der Waals surface area contributed by atoms with E-state index in [1.54, 1.807) is 0 Å². The highest BCUT2D eigenvalue weighted by atomic mass is 79.9. The third kappa shape index (κ3) is 2.46. The van der Waals surface area contributed by atoms with Crippen molar-refractivity contribution in [1.82, 2.24) is 14.8 Å². The average Bonchev–Trinajstić information content (AvgIpc) is 2.83. The van der Waals surface area contributed by atoms with Crippen LogP contribution >= 0.6 is 15.9 Å². The van der Waals surface area contributed by atoms with Crippen molar-refractivity contribution >= 4 is 21.7 Å². The summed E-state index contributed by atoms with van der Waals surface area (Å²) in [6.07, 6.45) is 8.19. The van der Waals surface area contributed by atoms with Crippen molar-refractivity contribution in [2.24, 2.45) is 0 Å². The molecule has 0 saturated carbocycles. The number of fused-ring (bicyclic) bond motifs is 1. The molecule has 1 aliphatic rings. The Kier molecular flexibility index (Phi) is 4.05. The maximum Gasteiger partial charge on any atom is 0.139 e. The second kappa shape index (κ2) is 5.95. The van der Waals surface area contributed by atoms with Gasteiger partial charge in [0.25, 0.3) is 0 Å². The standard InChI is InChI=1S/C15H19BrN4/c1-2-3-6-12-14(16)15-18-9-7-13(20(15)19-12)11-5-4-8-17-10-11/h4-5,8,10,13,18H,2-3,6-7,9H2,1H3. The quantitative estimate of drug-likeness (QED) is 0.924. The van der Waals surface area contributed by atoms with Gasteiger partial charge in [-0.1, -0.05) is 19.4 Å². The van der Waals surface area contributed by atoms with E-state index in [1.807, 2.05) is 18.5 Å². The highest BCUT2D eigenvalue weighted by molar-refractivity contribution is 9.10. The number of halogens is 1. The lowest BCUT2D eigenvalue weighted by Crippen LogP contribution is -2.24. The van der Waals surface area contributed by atoms with Crippen LogP contribution in [-0.2, 0) is 6.42 Å². The number of aryl methyl sites for hydroxylation is 1. The summed E-state index contributed by atoms with van der Waals surface area (Å²) in [7, 11) is 0. The largest absolute Gasteiger partial charge is 0.369 e. The maximum absolute atomic E-state index is 4.83. The molecule has 0 bridgehead atoms. The number of hydrogen-bond acceptors (Lipinski definition) is 3. The van der Waals surface area contributed by atoms with Crippen molar-refractivity contribution in [3.05, 3.63) is 40.3 Å². The van der Waals surface area contributed by atoms with Crippen LogP contribution in [0, 0.1) is 0 Å². The van der Waals surface area contributed by atoms with E-state index in [9.17, 15) is 0 Å². The number of nitrogens with zero attached hydrogens (tertiary/aromatic N) is 3. The molecule has 0 saturated heterocycles. The van der Waals surface area contributed by atoms with Gasteiger partial charge >= 0.3 is 0 Å². The molecular formula is C15H19BrN4. The molecule has 0 amide bonds. The predicted molar refractivity (Wildman–Crippen MR) is 84.0 cm³/mol. The molecule has 0 radical (unpaired) electrons. The van der Waals surface area contributed by atoms with Crippen LogP contribution in [0.5, 0.6) is 0 Å². The van der Waals surface area contributed by atoms with Gasteiger partial charge in [-0.25, -0.2) is 4.68 Å². The fourth-order valence-electron chi connectivity index (χ4n) is 2.68. The Labute approximate surface area is 127 Å².